The second-order valence-corrected chi connectivity index (χ2v) is 8.10. The maximum atomic E-state index is 12.3. The molecule has 2 aromatic rings. The molecule has 0 aromatic heterocycles. The number of nitrogens with one attached hydrogen (secondary N) is 2. The van der Waals surface area contributed by atoms with E-state index in [1.165, 1.54) is 0 Å². The van der Waals surface area contributed by atoms with Crippen molar-refractivity contribution < 1.29 is 19.1 Å². The fraction of sp³-hybridized carbons (Fsp3) is 0.423. The van der Waals surface area contributed by atoms with Crippen molar-refractivity contribution in [2.45, 2.75) is 59.8 Å². The minimum absolute atomic E-state index is 0.0317. The maximum absolute atomic E-state index is 12.3. The Bertz CT molecular complexity index is 912. The fourth-order valence-corrected chi connectivity index (χ4v) is 3.48. The van der Waals surface area contributed by atoms with E-state index in [-0.39, 0.29) is 37.0 Å². The maximum Gasteiger partial charge on any atom is 0.243 e. The molecule has 0 saturated heterocycles. The van der Waals surface area contributed by atoms with Crippen LogP contribution in [0.2, 0.25) is 0 Å². The lowest BCUT2D eigenvalue weighted by atomic mass is 10.1. The second kappa shape index (κ2) is 12.6. The van der Waals surface area contributed by atoms with E-state index in [9.17, 15) is 14.4 Å². The molecule has 0 saturated carbocycles. The Morgan fingerprint density at radius 3 is 2.16 bits per heavy atom. The Balaban J connectivity index is 1.73. The number of ketones is 1. The summed E-state index contributed by atoms with van der Waals surface area (Å²) >= 11 is 0. The monoisotopic (exact) mass is 438 g/mol. The molecule has 2 rings (SSSR count). The Morgan fingerprint density at radius 2 is 1.53 bits per heavy atom. The summed E-state index contributed by atoms with van der Waals surface area (Å²) in [6.07, 6.45) is 3.39. The summed E-state index contributed by atoms with van der Waals surface area (Å²) < 4.78 is 5.65. The number of hydrogen-bond donors (Lipinski definition) is 2. The van der Waals surface area contributed by atoms with Gasteiger partial charge < -0.3 is 15.4 Å². The highest BCUT2D eigenvalue weighted by Gasteiger charge is 2.12. The number of amides is 2. The van der Waals surface area contributed by atoms with E-state index in [0.717, 1.165) is 47.4 Å². The molecule has 0 aliphatic carbocycles. The van der Waals surface area contributed by atoms with E-state index in [2.05, 4.69) is 17.6 Å². The van der Waals surface area contributed by atoms with Gasteiger partial charge in [0.1, 0.15) is 5.75 Å². The Hall–Kier alpha value is -3.15. The lowest BCUT2D eigenvalue weighted by molar-refractivity contribution is -0.124. The summed E-state index contributed by atoms with van der Waals surface area (Å²) in [5.74, 6) is -0.00974. The van der Waals surface area contributed by atoms with Gasteiger partial charge in [-0.1, -0.05) is 37.5 Å². The molecule has 172 valence electrons. The third-order valence-corrected chi connectivity index (χ3v) is 5.16. The summed E-state index contributed by atoms with van der Waals surface area (Å²) in [7, 11) is 0. The molecule has 0 unspecified atom stereocenters. The largest absolute Gasteiger partial charge is 0.494 e. The van der Waals surface area contributed by atoms with Gasteiger partial charge in [0.2, 0.25) is 11.8 Å². The van der Waals surface area contributed by atoms with Gasteiger partial charge in [-0.25, -0.2) is 0 Å². The van der Waals surface area contributed by atoms with Crippen molar-refractivity contribution in [3.05, 3.63) is 58.7 Å². The molecule has 0 bridgehead atoms. The summed E-state index contributed by atoms with van der Waals surface area (Å²) in [5, 5.41) is 5.43. The predicted octanol–water partition coefficient (Wildman–Crippen LogP) is 4.90. The minimum Gasteiger partial charge on any atom is -0.494 e. The van der Waals surface area contributed by atoms with Crippen molar-refractivity contribution in [1.29, 1.82) is 0 Å². The molecule has 0 heterocycles. The van der Waals surface area contributed by atoms with Gasteiger partial charge in [0.05, 0.1) is 13.2 Å². The van der Waals surface area contributed by atoms with Gasteiger partial charge in [0.15, 0.2) is 5.78 Å². The van der Waals surface area contributed by atoms with E-state index in [1.807, 2.05) is 32.9 Å². The molecule has 6 heteroatoms. The van der Waals surface area contributed by atoms with Crippen molar-refractivity contribution in [2.75, 3.05) is 18.5 Å². The van der Waals surface area contributed by atoms with Crippen LogP contribution in [0.3, 0.4) is 0 Å². The molecule has 2 aromatic carbocycles. The molecule has 0 radical (unpaired) electrons. The summed E-state index contributed by atoms with van der Waals surface area (Å²) in [5.41, 5.74) is 4.39. The van der Waals surface area contributed by atoms with Crippen LogP contribution in [0.15, 0.2) is 36.4 Å². The van der Waals surface area contributed by atoms with E-state index in [0.29, 0.717) is 12.2 Å². The van der Waals surface area contributed by atoms with Crippen LogP contribution in [0.5, 0.6) is 5.75 Å². The van der Waals surface area contributed by atoms with Crippen LogP contribution in [-0.2, 0) is 9.59 Å². The minimum atomic E-state index is -0.332. The summed E-state index contributed by atoms with van der Waals surface area (Å²) in [6.45, 7) is 8.55. The van der Waals surface area contributed by atoms with Gasteiger partial charge in [-0.3, -0.25) is 14.4 Å². The highest BCUT2D eigenvalue weighted by atomic mass is 16.5. The first-order chi connectivity index (χ1) is 15.3. The van der Waals surface area contributed by atoms with Crippen LogP contribution >= 0.6 is 0 Å². The number of carbonyl (C=O) groups excluding carboxylic acids is 3. The van der Waals surface area contributed by atoms with Crippen molar-refractivity contribution in [1.82, 2.24) is 5.32 Å². The quantitative estimate of drug-likeness (QED) is 0.365. The van der Waals surface area contributed by atoms with Crippen LogP contribution in [0.1, 0.15) is 66.1 Å². The number of benzene rings is 2. The Kier molecular flexibility index (Phi) is 9.92. The number of aryl methyl sites for hydroxylation is 3. The molecule has 2 N–H and O–H groups in total. The normalized spacial score (nSPS) is 10.5. The fourth-order valence-electron chi connectivity index (χ4n) is 3.48. The average molecular weight is 439 g/mol. The number of hydrogen-bond acceptors (Lipinski definition) is 4. The molecule has 2 amide bonds. The first-order valence-corrected chi connectivity index (χ1v) is 11.2. The first kappa shape index (κ1) is 25.1. The van der Waals surface area contributed by atoms with Crippen molar-refractivity contribution >= 4 is 23.3 Å². The molecule has 32 heavy (non-hydrogen) atoms. The van der Waals surface area contributed by atoms with Gasteiger partial charge in [0.25, 0.3) is 0 Å². The topological polar surface area (TPSA) is 84.5 Å². The number of rotatable bonds is 12. The lowest BCUT2D eigenvalue weighted by Crippen LogP contribution is -2.33. The molecular weight excluding hydrogens is 404 g/mol. The Morgan fingerprint density at radius 1 is 0.875 bits per heavy atom. The number of Topliss-reactive ketones (excluding diaryl/α,β-unsaturated/α-hetero) is 1. The highest BCUT2D eigenvalue weighted by Crippen LogP contribution is 2.21. The van der Waals surface area contributed by atoms with Crippen LogP contribution < -0.4 is 15.4 Å². The third-order valence-electron chi connectivity index (χ3n) is 5.16. The van der Waals surface area contributed by atoms with Crippen LogP contribution in [0.4, 0.5) is 5.69 Å². The zero-order chi connectivity index (χ0) is 23.5. The van der Waals surface area contributed by atoms with Gasteiger partial charge in [-0.2, -0.15) is 0 Å². The number of unbranched alkanes of at least 4 members (excludes halogenated alkanes) is 2. The van der Waals surface area contributed by atoms with Crippen molar-refractivity contribution in [2.24, 2.45) is 0 Å². The average Bonchev–Trinajstić information content (AvgIpc) is 2.76. The SMILES string of the molecule is CCCCCOc1ccc(C(=O)CCC(=O)NCC(=O)Nc2c(C)cc(C)cc2C)cc1. The molecule has 0 aliphatic rings. The van der Waals surface area contributed by atoms with E-state index in [4.69, 9.17) is 4.74 Å². The first-order valence-electron chi connectivity index (χ1n) is 11.2. The lowest BCUT2D eigenvalue weighted by Gasteiger charge is -2.13. The zero-order valence-corrected chi connectivity index (χ0v) is 19.5. The Labute approximate surface area is 190 Å². The molecule has 0 aliphatic heterocycles. The van der Waals surface area contributed by atoms with Gasteiger partial charge in [-0.15, -0.1) is 0 Å². The molecule has 0 fully saturated rings. The van der Waals surface area contributed by atoms with Crippen molar-refractivity contribution in [3.8, 4) is 5.75 Å². The number of ether oxygens (including phenoxy) is 1. The zero-order valence-electron chi connectivity index (χ0n) is 19.5. The molecule has 0 spiro atoms. The van der Waals surface area contributed by atoms with E-state index >= 15 is 0 Å². The smallest absolute Gasteiger partial charge is 0.243 e. The van der Waals surface area contributed by atoms with E-state index in [1.54, 1.807) is 24.3 Å². The van der Waals surface area contributed by atoms with Crippen LogP contribution in [-0.4, -0.2) is 30.7 Å². The van der Waals surface area contributed by atoms with Crippen molar-refractivity contribution in [3.63, 3.8) is 0 Å². The highest BCUT2D eigenvalue weighted by molar-refractivity contribution is 5.99. The number of anilines is 1. The van der Waals surface area contributed by atoms with E-state index < -0.39 is 0 Å². The third kappa shape index (κ3) is 8.17. The molecule has 6 nitrogen and oxygen atoms in total. The van der Waals surface area contributed by atoms with Gasteiger partial charge >= 0.3 is 0 Å². The number of carbonyl (C=O) groups is 3. The van der Waals surface area contributed by atoms with Gasteiger partial charge in [0, 0.05) is 24.1 Å². The van der Waals surface area contributed by atoms with Crippen LogP contribution in [0, 0.1) is 20.8 Å². The van der Waals surface area contributed by atoms with Gasteiger partial charge in [-0.05, 0) is 62.6 Å². The molecular formula is C26H34N2O4. The predicted molar refractivity (Wildman–Crippen MR) is 127 cm³/mol. The van der Waals surface area contributed by atoms with Crippen LogP contribution in [0.25, 0.3) is 0 Å². The summed E-state index contributed by atoms with van der Waals surface area (Å²) in [6, 6.07) is 11.0. The second-order valence-electron chi connectivity index (χ2n) is 8.10. The standard InChI is InChI=1S/C26H34N2O4/c1-5-6-7-14-32-22-10-8-21(9-11-22)23(29)12-13-24(30)27-17-25(31)28-26-19(3)15-18(2)16-20(26)4/h8-11,15-16H,5-7,12-14,17H2,1-4H3,(H,27,30)(H,28,31). The summed E-state index contributed by atoms with van der Waals surface area (Å²) in [4.78, 5) is 36.6. The molecule has 0 atom stereocenters.